The molecule has 164 valence electrons. The monoisotopic (exact) mass is 463 g/mol. The lowest BCUT2D eigenvalue weighted by Crippen LogP contribution is -2.46. The lowest BCUT2D eigenvalue weighted by Gasteiger charge is -2.33. The van der Waals surface area contributed by atoms with Gasteiger partial charge in [-0.25, -0.2) is 0 Å². The number of rotatable bonds is 7. The molecule has 1 aliphatic heterocycles. The third kappa shape index (κ3) is 5.29. The van der Waals surface area contributed by atoms with Crippen molar-refractivity contribution >= 4 is 52.3 Å². The first kappa shape index (κ1) is 22.9. The van der Waals surface area contributed by atoms with Gasteiger partial charge in [0.1, 0.15) is 5.75 Å². The number of carbonyl (C=O) groups excluding carboxylic acids is 3. The van der Waals surface area contributed by atoms with Crippen LogP contribution in [0.5, 0.6) is 5.75 Å². The summed E-state index contributed by atoms with van der Waals surface area (Å²) in [6.07, 6.45) is -0.556. The Balaban J connectivity index is 1.62. The topological polar surface area (TPSA) is 79.0 Å². The van der Waals surface area contributed by atoms with Gasteiger partial charge < -0.3 is 19.9 Å². The summed E-state index contributed by atoms with van der Waals surface area (Å²) in [5, 5.41) is 3.28. The Labute approximate surface area is 190 Å². The number of benzene rings is 2. The van der Waals surface area contributed by atoms with Crippen LogP contribution in [0, 0.1) is 0 Å². The highest BCUT2D eigenvalue weighted by atomic mass is 35.5. The van der Waals surface area contributed by atoms with Crippen molar-refractivity contribution in [1.29, 1.82) is 0 Å². The number of halogens is 2. The molecule has 9 heteroatoms. The van der Waals surface area contributed by atoms with Gasteiger partial charge in [0.2, 0.25) is 11.8 Å². The summed E-state index contributed by atoms with van der Waals surface area (Å²) in [5.41, 5.74) is 0.941. The Bertz CT molecular complexity index is 978. The minimum Gasteiger partial charge on any atom is -0.479 e. The highest BCUT2D eigenvalue weighted by molar-refractivity contribution is 6.39. The SMILES string of the molecule is CCN(CC(=O)Nc1c(Cl)cccc1Cl)C(=O)CCN1C(=O)C(C)Oc2ccccc21. The number of ether oxygens (including phenoxy) is 1. The molecule has 0 saturated heterocycles. The number of amides is 3. The third-order valence-corrected chi connectivity index (χ3v) is 5.55. The van der Waals surface area contributed by atoms with E-state index >= 15 is 0 Å². The summed E-state index contributed by atoms with van der Waals surface area (Å²) < 4.78 is 5.62. The summed E-state index contributed by atoms with van der Waals surface area (Å²) in [6, 6.07) is 12.1. The Kier molecular flexibility index (Phi) is 7.41. The molecule has 0 aliphatic carbocycles. The van der Waals surface area contributed by atoms with Gasteiger partial charge in [-0.1, -0.05) is 41.4 Å². The first-order valence-corrected chi connectivity index (χ1v) is 10.7. The number of hydrogen-bond donors (Lipinski definition) is 1. The molecule has 0 fully saturated rings. The van der Waals surface area contributed by atoms with E-state index in [1.807, 2.05) is 12.1 Å². The molecule has 1 N–H and O–H groups in total. The van der Waals surface area contributed by atoms with Crippen LogP contribution >= 0.6 is 23.2 Å². The van der Waals surface area contributed by atoms with E-state index in [9.17, 15) is 14.4 Å². The molecule has 0 bridgehead atoms. The second-order valence-electron chi connectivity index (χ2n) is 7.02. The molecule has 31 heavy (non-hydrogen) atoms. The van der Waals surface area contributed by atoms with Gasteiger partial charge in [-0.05, 0) is 38.1 Å². The molecule has 2 aromatic rings. The molecule has 3 amide bonds. The van der Waals surface area contributed by atoms with Gasteiger partial charge in [0.15, 0.2) is 6.10 Å². The summed E-state index contributed by atoms with van der Waals surface area (Å²) >= 11 is 12.2. The Morgan fingerprint density at radius 1 is 1.13 bits per heavy atom. The maximum Gasteiger partial charge on any atom is 0.267 e. The zero-order valence-electron chi connectivity index (χ0n) is 17.2. The minimum atomic E-state index is -0.626. The van der Waals surface area contributed by atoms with Crippen LogP contribution in [0.2, 0.25) is 10.0 Å². The first-order chi connectivity index (χ1) is 14.8. The van der Waals surface area contributed by atoms with E-state index in [1.165, 1.54) is 4.90 Å². The predicted molar refractivity (Wildman–Crippen MR) is 121 cm³/mol. The molecule has 1 unspecified atom stereocenters. The average molecular weight is 464 g/mol. The maximum absolute atomic E-state index is 12.8. The standard InChI is InChI=1S/C22H23Cl2N3O4/c1-3-26(13-19(28)25-21-15(23)7-6-8-16(21)24)20(29)11-12-27-17-9-4-5-10-18(17)31-14(2)22(27)30/h4-10,14H,3,11-13H2,1-2H3,(H,25,28). The summed E-state index contributed by atoms with van der Waals surface area (Å²) in [7, 11) is 0. The zero-order chi connectivity index (χ0) is 22.5. The largest absolute Gasteiger partial charge is 0.479 e. The molecule has 2 aromatic carbocycles. The van der Waals surface area contributed by atoms with E-state index in [4.69, 9.17) is 27.9 Å². The fourth-order valence-corrected chi connectivity index (χ4v) is 3.79. The smallest absolute Gasteiger partial charge is 0.267 e. The first-order valence-electron chi connectivity index (χ1n) is 9.90. The van der Waals surface area contributed by atoms with E-state index in [1.54, 1.807) is 49.1 Å². The van der Waals surface area contributed by atoms with Gasteiger partial charge in [0, 0.05) is 19.5 Å². The molecule has 0 saturated carbocycles. The average Bonchev–Trinajstić information content (AvgIpc) is 2.75. The zero-order valence-corrected chi connectivity index (χ0v) is 18.7. The van der Waals surface area contributed by atoms with Gasteiger partial charge in [-0.2, -0.15) is 0 Å². The van der Waals surface area contributed by atoms with Crippen molar-refractivity contribution in [1.82, 2.24) is 4.90 Å². The van der Waals surface area contributed by atoms with Gasteiger partial charge in [-0.3, -0.25) is 14.4 Å². The van der Waals surface area contributed by atoms with Crippen LogP contribution in [-0.2, 0) is 14.4 Å². The Morgan fingerprint density at radius 3 is 2.48 bits per heavy atom. The van der Waals surface area contributed by atoms with Crippen LogP contribution < -0.4 is 15.0 Å². The fraction of sp³-hybridized carbons (Fsp3) is 0.318. The molecule has 1 atom stereocenters. The molecule has 0 radical (unpaired) electrons. The number of fused-ring (bicyclic) bond motifs is 1. The molecule has 7 nitrogen and oxygen atoms in total. The van der Waals surface area contributed by atoms with Gasteiger partial charge in [-0.15, -0.1) is 0 Å². The number of hydrogen-bond acceptors (Lipinski definition) is 4. The van der Waals surface area contributed by atoms with Crippen molar-refractivity contribution in [3.8, 4) is 5.75 Å². The van der Waals surface area contributed by atoms with E-state index < -0.39 is 12.0 Å². The van der Waals surface area contributed by atoms with Crippen LogP contribution in [0.3, 0.4) is 0 Å². The third-order valence-electron chi connectivity index (χ3n) is 4.92. The summed E-state index contributed by atoms with van der Waals surface area (Å²) in [4.78, 5) is 40.8. The number of para-hydroxylation sites is 3. The van der Waals surface area contributed by atoms with E-state index in [-0.39, 0.29) is 31.3 Å². The highest BCUT2D eigenvalue weighted by Crippen LogP contribution is 2.33. The molecule has 0 spiro atoms. The number of anilines is 2. The lowest BCUT2D eigenvalue weighted by atomic mass is 10.1. The second kappa shape index (κ2) is 10.0. The lowest BCUT2D eigenvalue weighted by molar-refractivity contribution is -0.134. The quantitative estimate of drug-likeness (QED) is 0.673. The van der Waals surface area contributed by atoms with Gasteiger partial charge >= 0.3 is 0 Å². The van der Waals surface area contributed by atoms with Gasteiger partial charge in [0.05, 0.1) is 28.0 Å². The maximum atomic E-state index is 12.8. The minimum absolute atomic E-state index is 0.0702. The van der Waals surface area contributed by atoms with Crippen LogP contribution in [0.25, 0.3) is 0 Å². The van der Waals surface area contributed by atoms with Crippen molar-refractivity contribution in [2.45, 2.75) is 26.4 Å². The Hall–Kier alpha value is -2.77. The van der Waals surface area contributed by atoms with Crippen LogP contribution in [0.15, 0.2) is 42.5 Å². The normalized spacial score (nSPS) is 15.2. The van der Waals surface area contributed by atoms with Crippen molar-refractivity contribution in [2.75, 3.05) is 29.9 Å². The van der Waals surface area contributed by atoms with Crippen LogP contribution in [-0.4, -0.2) is 48.4 Å². The van der Waals surface area contributed by atoms with Crippen molar-refractivity contribution < 1.29 is 19.1 Å². The molecule has 1 aliphatic rings. The fourth-order valence-electron chi connectivity index (χ4n) is 3.30. The molecule has 0 aromatic heterocycles. The number of likely N-dealkylation sites (N-methyl/N-ethyl adjacent to an activating group) is 1. The van der Waals surface area contributed by atoms with E-state index in [0.29, 0.717) is 33.7 Å². The number of nitrogens with zero attached hydrogens (tertiary/aromatic N) is 2. The summed E-state index contributed by atoms with van der Waals surface area (Å²) in [5.74, 6) is -0.259. The molecule has 3 rings (SSSR count). The van der Waals surface area contributed by atoms with Crippen LogP contribution in [0.1, 0.15) is 20.3 Å². The highest BCUT2D eigenvalue weighted by Gasteiger charge is 2.31. The number of carbonyl (C=O) groups is 3. The van der Waals surface area contributed by atoms with Crippen LogP contribution in [0.4, 0.5) is 11.4 Å². The Morgan fingerprint density at radius 2 is 1.81 bits per heavy atom. The molecule has 1 heterocycles. The van der Waals surface area contributed by atoms with Crippen molar-refractivity contribution in [3.63, 3.8) is 0 Å². The molecular formula is C22H23Cl2N3O4. The van der Waals surface area contributed by atoms with E-state index in [0.717, 1.165) is 0 Å². The second-order valence-corrected chi connectivity index (χ2v) is 7.83. The summed E-state index contributed by atoms with van der Waals surface area (Å²) in [6.45, 7) is 3.84. The van der Waals surface area contributed by atoms with Gasteiger partial charge in [0.25, 0.3) is 5.91 Å². The van der Waals surface area contributed by atoms with Crippen molar-refractivity contribution in [2.24, 2.45) is 0 Å². The predicted octanol–water partition coefficient (Wildman–Crippen LogP) is 3.98. The number of nitrogens with one attached hydrogen (secondary N) is 1. The van der Waals surface area contributed by atoms with Crippen molar-refractivity contribution in [3.05, 3.63) is 52.5 Å². The molecular weight excluding hydrogens is 441 g/mol. The van der Waals surface area contributed by atoms with E-state index in [2.05, 4.69) is 5.32 Å².